The number of fused-ring (bicyclic) bond motifs is 1. The standard InChI is InChI=1S/C8H5F3N2S/c9-2-3-4(10)1-5(11)7-6(3)13-8(12)14-7/h1H,2H2,(H2,12,13). The average molecular weight is 218 g/mol. The van der Waals surface area contributed by atoms with Crippen LogP contribution in [0.4, 0.5) is 18.3 Å². The zero-order valence-corrected chi connectivity index (χ0v) is 7.67. The van der Waals surface area contributed by atoms with E-state index in [1.807, 2.05) is 0 Å². The highest BCUT2D eigenvalue weighted by atomic mass is 32.1. The number of hydrogen-bond donors (Lipinski definition) is 1. The molecule has 0 saturated carbocycles. The number of anilines is 1. The van der Waals surface area contributed by atoms with Gasteiger partial charge in [-0.15, -0.1) is 0 Å². The van der Waals surface area contributed by atoms with E-state index in [0.717, 1.165) is 11.3 Å². The minimum atomic E-state index is -1.02. The fourth-order valence-electron chi connectivity index (χ4n) is 1.21. The second-order valence-corrected chi connectivity index (χ2v) is 3.71. The maximum absolute atomic E-state index is 13.1. The van der Waals surface area contributed by atoms with Gasteiger partial charge in [-0.05, 0) is 0 Å². The Morgan fingerprint density at radius 2 is 2.07 bits per heavy atom. The van der Waals surface area contributed by atoms with Gasteiger partial charge in [-0.25, -0.2) is 18.2 Å². The van der Waals surface area contributed by atoms with Gasteiger partial charge in [0.05, 0.1) is 10.2 Å². The molecule has 1 heterocycles. The second-order valence-electron chi connectivity index (χ2n) is 2.68. The second kappa shape index (κ2) is 3.13. The van der Waals surface area contributed by atoms with Gasteiger partial charge in [0.25, 0.3) is 0 Å². The van der Waals surface area contributed by atoms with Crippen LogP contribution in [0.5, 0.6) is 0 Å². The van der Waals surface area contributed by atoms with Gasteiger partial charge in [0.15, 0.2) is 5.13 Å². The molecule has 0 fully saturated rings. The van der Waals surface area contributed by atoms with E-state index in [1.54, 1.807) is 0 Å². The molecule has 0 saturated heterocycles. The van der Waals surface area contributed by atoms with Gasteiger partial charge in [0.1, 0.15) is 18.3 Å². The van der Waals surface area contributed by atoms with Crippen LogP contribution in [0, 0.1) is 11.6 Å². The highest BCUT2D eigenvalue weighted by Crippen LogP contribution is 2.31. The Kier molecular flexibility index (Phi) is 2.07. The Morgan fingerprint density at radius 1 is 1.36 bits per heavy atom. The molecule has 0 bridgehead atoms. The third-order valence-electron chi connectivity index (χ3n) is 1.82. The molecule has 0 aliphatic carbocycles. The van der Waals surface area contributed by atoms with Crippen LogP contribution in [0.25, 0.3) is 10.2 Å². The minimum Gasteiger partial charge on any atom is -0.375 e. The van der Waals surface area contributed by atoms with Crippen LogP contribution in [0.15, 0.2) is 6.07 Å². The molecule has 14 heavy (non-hydrogen) atoms. The molecule has 2 N–H and O–H groups in total. The lowest BCUT2D eigenvalue weighted by molar-refractivity contribution is 0.464. The quantitative estimate of drug-likeness (QED) is 0.799. The van der Waals surface area contributed by atoms with Crippen molar-refractivity contribution in [3.8, 4) is 0 Å². The van der Waals surface area contributed by atoms with Gasteiger partial charge in [-0.1, -0.05) is 11.3 Å². The van der Waals surface area contributed by atoms with Crippen molar-refractivity contribution in [2.75, 3.05) is 5.73 Å². The Bertz CT molecular complexity index is 495. The van der Waals surface area contributed by atoms with Crippen molar-refractivity contribution in [1.82, 2.24) is 4.98 Å². The fraction of sp³-hybridized carbons (Fsp3) is 0.125. The van der Waals surface area contributed by atoms with Crippen molar-refractivity contribution in [3.05, 3.63) is 23.3 Å². The molecule has 2 nitrogen and oxygen atoms in total. The maximum Gasteiger partial charge on any atom is 0.181 e. The molecule has 2 rings (SSSR count). The largest absolute Gasteiger partial charge is 0.375 e. The summed E-state index contributed by atoms with van der Waals surface area (Å²) >= 11 is 0.875. The van der Waals surface area contributed by atoms with Gasteiger partial charge in [0, 0.05) is 11.6 Å². The van der Waals surface area contributed by atoms with Crippen LogP contribution in [-0.2, 0) is 6.67 Å². The molecule has 1 aromatic carbocycles. The minimum absolute atomic E-state index is 0.0208. The van der Waals surface area contributed by atoms with E-state index in [-0.39, 0.29) is 20.9 Å². The molecule has 0 unspecified atom stereocenters. The summed E-state index contributed by atoms with van der Waals surface area (Å²) in [4.78, 5) is 3.68. The lowest BCUT2D eigenvalue weighted by Crippen LogP contribution is -1.91. The van der Waals surface area contributed by atoms with Crippen LogP contribution in [-0.4, -0.2) is 4.98 Å². The molecule has 0 aliphatic heterocycles. The van der Waals surface area contributed by atoms with E-state index in [4.69, 9.17) is 5.73 Å². The summed E-state index contributed by atoms with van der Waals surface area (Å²) in [5, 5.41) is 0.0965. The molecule has 0 radical (unpaired) electrons. The van der Waals surface area contributed by atoms with Gasteiger partial charge in [-0.2, -0.15) is 0 Å². The molecule has 6 heteroatoms. The first kappa shape index (κ1) is 9.26. The molecule has 74 valence electrons. The predicted octanol–water partition coefficient (Wildman–Crippen LogP) is 2.63. The fourth-order valence-corrected chi connectivity index (χ4v) is 1.98. The van der Waals surface area contributed by atoms with Crippen LogP contribution in [0.3, 0.4) is 0 Å². The first-order valence-electron chi connectivity index (χ1n) is 3.72. The monoisotopic (exact) mass is 218 g/mol. The van der Waals surface area contributed by atoms with Gasteiger partial charge in [0.2, 0.25) is 0 Å². The van der Waals surface area contributed by atoms with Crippen molar-refractivity contribution >= 4 is 26.7 Å². The first-order valence-corrected chi connectivity index (χ1v) is 4.54. The van der Waals surface area contributed by atoms with Gasteiger partial charge >= 0.3 is 0 Å². The van der Waals surface area contributed by atoms with Crippen molar-refractivity contribution in [2.24, 2.45) is 0 Å². The van der Waals surface area contributed by atoms with E-state index in [1.165, 1.54) is 0 Å². The Balaban J connectivity index is 2.89. The summed E-state index contributed by atoms with van der Waals surface area (Å²) in [6, 6.07) is 0.648. The summed E-state index contributed by atoms with van der Waals surface area (Å²) < 4.78 is 38.7. The lowest BCUT2D eigenvalue weighted by Gasteiger charge is -1.99. The smallest absolute Gasteiger partial charge is 0.181 e. The number of rotatable bonds is 1. The van der Waals surface area contributed by atoms with Crippen LogP contribution < -0.4 is 5.73 Å². The number of aromatic nitrogens is 1. The van der Waals surface area contributed by atoms with E-state index in [2.05, 4.69) is 4.98 Å². The maximum atomic E-state index is 13.1. The Morgan fingerprint density at radius 3 is 2.71 bits per heavy atom. The normalized spacial score (nSPS) is 11.1. The molecule has 0 amide bonds. The number of nitrogen functional groups attached to an aromatic ring is 1. The Labute approximate surface area is 81.2 Å². The Hall–Kier alpha value is -1.30. The number of alkyl halides is 1. The number of nitrogens with zero attached hydrogens (tertiary/aromatic N) is 1. The van der Waals surface area contributed by atoms with Crippen molar-refractivity contribution in [2.45, 2.75) is 6.67 Å². The summed E-state index contributed by atoms with van der Waals surface area (Å²) in [6.45, 7) is -1.02. The van der Waals surface area contributed by atoms with E-state index >= 15 is 0 Å². The van der Waals surface area contributed by atoms with Gasteiger partial charge in [-0.3, -0.25) is 0 Å². The number of nitrogens with two attached hydrogens (primary N) is 1. The van der Waals surface area contributed by atoms with E-state index in [0.29, 0.717) is 6.07 Å². The number of hydrogen-bond acceptors (Lipinski definition) is 3. The van der Waals surface area contributed by atoms with Crippen LogP contribution in [0.2, 0.25) is 0 Å². The highest BCUT2D eigenvalue weighted by molar-refractivity contribution is 7.22. The zero-order chi connectivity index (χ0) is 10.3. The zero-order valence-electron chi connectivity index (χ0n) is 6.85. The average Bonchev–Trinajstić information content (AvgIpc) is 2.48. The molecular formula is C8H5F3N2S. The number of thiazole rings is 1. The summed E-state index contributed by atoms with van der Waals surface area (Å²) in [5.41, 5.74) is 5.07. The molecule has 0 spiro atoms. The lowest BCUT2D eigenvalue weighted by atomic mass is 10.2. The molecule has 1 aromatic heterocycles. The first-order chi connectivity index (χ1) is 6.63. The van der Waals surface area contributed by atoms with Gasteiger partial charge < -0.3 is 5.73 Å². The molecule has 0 aliphatic rings. The van der Waals surface area contributed by atoms with E-state index in [9.17, 15) is 13.2 Å². The van der Waals surface area contributed by atoms with Crippen LogP contribution >= 0.6 is 11.3 Å². The molecule has 2 aromatic rings. The number of benzene rings is 1. The third-order valence-corrected chi connectivity index (χ3v) is 2.71. The summed E-state index contributed by atoms with van der Waals surface area (Å²) in [5.74, 6) is -1.69. The predicted molar refractivity (Wildman–Crippen MR) is 48.8 cm³/mol. The SMILES string of the molecule is Nc1nc2c(CF)c(F)cc(F)c2s1. The molecular weight excluding hydrogens is 213 g/mol. The highest BCUT2D eigenvalue weighted by Gasteiger charge is 2.15. The van der Waals surface area contributed by atoms with Crippen molar-refractivity contribution in [1.29, 1.82) is 0 Å². The number of halogens is 3. The topological polar surface area (TPSA) is 38.9 Å². The van der Waals surface area contributed by atoms with Crippen molar-refractivity contribution in [3.63, 3.8) is 0 Å². The van der Waals surface area contributed by atoms with Crippen LogP contribution in [0.1, 0.15) is 5.56 Å². The third kappa shape index (κ3) is 1.22. The van der Waals surface area contributed by atoms with Crippen molar-refractivity contribution < 1.29 is 13.2 Å². The van der Waals surface area contributed by atoms with E-state index < -0.39 is 18.3 Å². The summed E-state index contributed by atoms with van der Waals surface area (Å²) in [7, 11) is 0. The summed E-state index contributed by atoms with van der Waals surface area (Å²) in [6.07, 6.45) is 0. The molecule has 0 atom stereocenters.